The van der Waals surface area contributed by atoms with Crippen LogP contribution in [-0.2, 0) is 13.1 Å². The van der Waals surface area contributed by atoms with Gasteiger partial charge < -0.3 is 19.5 Å². The molecular weight excluding hydrogens is 390 g/mol. The van der Waals surface area contributed by atoms with Crippen molar-refractivity contribution in [3.05, 3.63) is 94.7 Å². The van der Waals surface area contributed by atoms with Crippen molar-refractivity contribution in [1.82, 2.24) is 0 Å². The lowest BCUT2D eigenvalue weighted by Gasteiger charge is -2.20. The molecule has 0 aliphatic carbocycles. The third kappa shape index (κ3) is 4.47. The van der Waals surface area contributed by atoms with E-state index in [0.717, 1.165) is 17.0 Å². The predicted molar refractivity (Wildman–Crippen MR) is 117 cm³/mol. The van der Waals surface area contributed by atoms with E-state index < -0.39 is 0 Å². The summed E-state index contributed by atoms with van der Waals surface area (Å²) in [6.07, 6.45) is 1.68. The van der Waals surface area contributed by atoms with Crippen LogP contribution in [0.4, 0.5) is 0 Å². The molecule has 31 heavy (non-hydrogen) atoms. The summed E-state index contributed by atoms with van der Waals surface area (Å²) < 4.78 is 11.6. The van der Waals surface area contributed by atoms with Crippen molar-refractivity contribution < 1.29 is 24.3 Å². The van der Waals surface area contributed by atoms with Gasteiger partial charge in [0.25, 0.3) is 0 Å². The van der Waals surface area contributed by atoms with E-state index in [1.54, 1.807) is 12.1 Å². The maximum absolute atomic E-state index is 13.0. The molecule has 1 aliphatic heterocycles. The molecule has 0 spiro atoms. The first-order chi connectivity index (χ1) is 15.1. The Bertz CT molecular complexity index is 1120. The predicted octanol–water partition coefficient (Wildman–Crippen LogP) is 2.99. The van der Waals surface area contributed by atoms with E-state index in [4.69, 9.17) is 9.47 Å². The molecule has 158 valence electrons. The maximum Gasteiger partial charge on any atom is 0.231 e. The number of ether oxygens (including phenoxy) is 2. The molecule has 1 aliphatic rings. The number of hydrogen-bond donors (Lipinski definition) is 1. The number of rotatable bonds is 7. The Labute approximate surface area is 182 Å². The average molecular weight is 415 g/mol. The number of carbonyl (C=O) groups excluding carboxylic acids is 1. The highest BCUT2D eigenvalue weighted by Crippen LogP contribution is 2.38. The van der Waals surface area contributed by atoms with Gasteiger partial charge in [0.1, 0.15) is 24.6 Å². The first-order valence-corrected chi connectivity index (χ1v) is 10.4. The van der Waals surface area contributed by atoms with Gasteiger partial charge in [-0.2, -0.15) is 0 Å². The van der Waals surface area contributed by atoms with E-state index in [1.165, 1.54) is 11.6 Å². The van der Waals surface area contributed by atoms with Gasteiger partial charge in [0.2, 0.25) is 5.78 Å². The van der Waals surface area contributed by atoms with Gasteiger partial charge in [-0.3, -0.25) is 4.79 Å². The number of carbonyl (C=O) groups is 1. The van der Waals surface area contributed by atoms with Gasteiger partial charge in [-0.25, -0.2) is 0 Å². The summed E-state index contributed by atoms with van der Waals surface area (Å²) in [6.45, 7) is 3.66. The topological polar surface area (TPSA) is 63.0 Å². The molecule has 0 aromatic heterocycles. The van der Waals surface area contributed by atoms with Crippen molar-refractivity contribution in [2.75, 3.05) is 13.7 Å². The lowest BCUT2D eigenvalue weighted by molar-refractivity contribution is -0.907. The first-order valence-electron chi connectivity index (χ1n) is 10.4. The molecular formula is C26H25NO4. The van der Waals surface area contributed by atoms with E-state index in [-0.39, 0.29) is 17.3 Å². The molecule has 1 heterocycles. The van der Waals surface area contributed by atoms with Crippen LogP contribution in [-0.4, -0.2) is 19.4 Å². The van der Waals surface area contributed by atoms with Crippen molar-refractivity contribution in [3.63, 3.8) is 0 Å². The van der Waals surface area contributed by atoms with Crippen molar-refractivity contribution in [3.8, 4) is 17.2 Å². The number of Topliss-reactive ketones (excluding diaryl/α,β-unsaturated/α-hetero) is 1. The van der Waals surface area contributed by atoms with Crippen LogP contribution in [0, 0.1) is 0 Å². The fourth-order valence-corrected chi connectivity index (χ4v) is 3.79. The average Bonchev–Trinajstić information content (AvgIpc) is 3.08. The molecule has 1 atom stereocenters. The standard InChI is InChI=1S/C26H25NO4/c1-3-30-23-12-8-7-11-19(23)15-24-25(29)20-13-14-22(28)21(26(20)31-24)17-27(2)16-18-9-5-4-6-10-18/h4-15,28H,3,16-17H2,1-2H3. The Morgan fingerprint density at radius 3 is 2.52 bits per heavy atom. The van der Waals surface area contributed by atoms with Crippen LogP contribution < -0.4 is 19.5 Å². The molecule has 0 radical (unpaired) electrons. The van der Waals surface area contributed by atoms with E-state index in [0.29, 0.717) is 35.8 Å². The normalized spacial score (nSPS) is 14.9. The third-order valence-electron chi connectivity index (χ3n) is 5.23. The lowest BCUT2D eigenvalue weighted by Crippen LogP contribution is -3.06. The van der Waals surface area contributed by atoms with Gasteiger partial charge in [-0.15, -0.1) is 0 Å². The minimum Gasteiger partial charge on any atom is -0.872 e. The van der Waals surface area contributed by atoms with E-state index in [2.05, 4.69) is 12.1 Å². The number of hydrogen-bond acceptors (Lipinski definition) is 4. The summed E-state index contributed by atoms with van der Waals surface area (Å²) in [5.74, 6) is 0.930. The second kappa shape index (κ2) is 9.06. The third-order valence-corrected chi connectivity index (χ3v) is 5.23. The fraction of sp³-hybridized carbons (Fsp3) is 0.192. The minimum absolute atomic E-state index is 0.116. The number of nitrogens with one attached hydrogen (secondary N) is 1. The second-order valence-corrected chi connectivity index (χ2v) is 7.63. The molecule has 4 rings (SSSR count). The molecule has 0 bridgehead atoms. The zero-order chi connectivity index (χ0) is 21.8. The SMILES string of the molecule is CCOc1ccccc1C=C1Oc2c(ccc([O-])c2C[NH+](C)Cc2ccccc2)C1=O. The minimum atomic E-state index is -0.219. The number of ketones is 1. The molecule has 3 aromatic carbocycles. The van der Waals surface area contributed by atoms with Gasteiger partial charge in [0.15, 0.2) is 5.76 Å². The van der Waals surface area contributed by atoms with Crippen LogP contribution in [0.2, 0.25) is 0 Å². The monoisotopic (exact) mass is 415 g/mol. The van der Waals surface area contributed by atoms with Gasteiger partial charge >= 0.3 is 0 Å². The van der Waals surface area contributed by atoms with Crippen molar-refractivity contribution in [2.24, 2.45) is 0 Å². The Balaban J connectivity index is 1.61. The Morgan fingerprint density at radius 2 is 1.74 bits per heavy atom. The largest absolute Gasteiger partial charge is 0.872 e. The molecule has 0 fully saturated rings. The lowest BCUT2D eigenvalue weighted by atomic mass is 10.0. The molecule has 0 saturated heterocycles. The van der Waals surface area contributed by atoms with Crippen LogP contribution in [0.25, 0.3) is 6.08 Å². The summed E-state index contributed by atoms with van der Waals surface area (Å²) in [7, 11) is 2.03. The van der Waals surface area contributed by atoms with Gasteiger partial charge in [0.05, 0.1) is 19.2 Å². The zero-order valence-corrected chi connectivity index (χ0v) is 17.7. The van der Waals surface area contributed by atoms with Crippen LogP contribution in [0.15, 0.2) is 72.5 Å². The highest BCUT2D eigenvalue weighted by Gasteiger charge is 2.31. The summed E-state index contributed by atoms with van der Waals surface area (Å²) in [5.41, 5.74) is 2.91. The van der Waals surface area contributed by atoms with Crippen LogP contribution in [0.1, 0.15) is 34.0 Å². The molecule has 1 N–H and O–H groups in total. The summed E-state index contributed by atoms with van der Waals surface area (Å²) in [4.78, 5) is 14.1. The number of para-hydroxylation sites is 1. The van der Waals surface area contributed by atoms with Gasteiger partial charge in [-0.05, 0) is 25.1 Å². The number of fused-ring (bicyclic) bond motifs is 1. The zero-order valence-electron chi connectivity index (χ0n) is 17.7. The smallest absolute Gasteiger partial charge is 0.231 e. The molecule has 5 nitrogen and oxygen atoms in total. The highest BCUT2D eigenvalue weighted by atomic mass is 16.5. The maximum atomic E-state index is 13.0. The molecule has 0 saturated carbocycles. The Hall–Kier alpha value is -3.57. The Kier molecular flexibility index (Phi) is 6.05. The molecule has 0 amide bonds. The van der Waals surface area contributed by atoms with E-state index in [9.17, 15) is 9.90 Å². The van der Waals surface area contributed by atoms with Gasteiger partial charge in [-0.1, -0.05) is 60.3 Å². The number of benzene rings is 3. The first kappa shape index (κ1) is 20.7. The molecule has 1 unspecified atom stereocenters. The van der Waals surface area contributed by atoms with E-state index in [1.807, 2.05) is 56.4 Å². The summed E-state index contributed by atoms with van der Waals surface area (Å²) in [5, 5.41) is 12.6. The van der Waals surface area contributed by atoms with Gasteiger partial charge in [0, 0.05) is 16.7 Å². The van der Waals surface area contributed by atoms with Crippen molar-refractivity contribution in [1.29, 1.82) is 0 Å². The quantitative estimate of drug-likeness (QED) is 0.603. The highest BCUT2D eigenvalue weighted by molar-refractivity contribution is 6.15. The second-order valence-electron chi connectivity index (χ2n) is 7.63. The van der Waals surface area contributed by atoms with E-state index >= 15 is 0 Å². The fourth-order valence-electron chi connectivity index (χ4n) is 3.79. The summed E-state index contributed by atoms with van der Waals surface area (Å²) >= 11 is 0. The molecule has 3 aromatic rings. The number of quaternary nitrogens is 1. The Morgan fingerprint density at radius 1 is 1.00 bits per heavy atom. The van der Waals surface area contributed by atoms with Crippen molar-refractivity contribution >= 4 is 11.9 Å². The van der Waals surface area contributed by atoms with Crippen LogP contribution in [0.3, 0.4) is 0 Å². The van der Waals surface area contributed by atoms with Crippen molar-refractivity contribution in [2.45, 2.75) is 20.0 Å². The molecule has 5 heteroatoms. The number of allylic oxidation sites excluding steroid dienone is 1. The van der Waals surface area contributed by atoms with Crippen LogP contribution in [0.5, 0.6) is 17.2 Å². The van der Waals surface area contributed by atoms with Crippen LogP contribution >= 0.6 is 0 Å². The summed E-state index contributed by atoms with van der Waals surface area (Å²) in [6, 6.07) is 20.6.